The van der Waals surface area contributed by atoms with Crippen molar-refractivity contribution in [2.24, 2.45) is 0 Å². The molecule has 246 valence electrons. The standard InChI is InChI=1S/C31H56N2O7S.HI/c1-3-4-5-6-7-8-9-10-11-12-13-14-15-16-17-18-21-32-30(35)39-26-28(40-31(36)37-2)25-38-29(34)20-19-22-33-23-24-41-27-33;/h23-24,28H,3-22,25-27H2,1-2H3,(H,32,35);1H/t28-;/m0./s1. The predicted molar refractivity (Wildman–Crippen MR) is 180 cm³/mol. The Labute approximate surface area is 276 Å². The Balaban J connectivity index is 0.0000168. The fourth-order valence-electron chi connectivity index (χ4n) is 4.52. The van der Waals surface area contributed by atoms with E-state index in [1.807, 2.05) is 11.6 Å². The van der Waals surface area contributed by atoms with Gasteiger partial charge in [-0.05, 0) is 18.2 Å². The summed E-state index contributed by atoms with van der Waals surface area (Å²) in [5.74, 6) is 0.496. The van der Waals surface area contributed by atoms with E-state index in [9.17, 15) is 14.4 Å². The lowest BCUT2D eigenvalue weighted by Gasteiger charge is -2.18. The fourth-order valence-corrected chi connectivity index (χ4v) is 5.27. The molecule has 0 aliphatic carbocycles. The van der Waals surface area contributed by atoms with Crippen LogP contribution in [0.5, 0.6) is 0 Å². The van der Waals surface area contributed by atoms with Crippen molar-refractivity contribution in [2.75, 3.05) is 39.3 Å². The molecule has 0 unspecified atom stereocenters. The Morgan fingerprint density at radius 3 is 1.88 bits per heavy atom. The number of thioether (sulfide) groups is 1. The van der Waals surface area contributed by atoms with Crippen molar-refractivity contribution in [2.45, 2.75) is 129 Å². The number of amides is 1. The number of hydrogen-bond donors (Lipinski definition) is 1. The largest absolute Gasteiger partial charge is 0.508 e. The Kier molecular flexibility index (Phi) is 28.7. The number of carbonyl (C=O) groups is 3. The minimum atomic E-state index is -0.939. The lowest BCUT2D eigenvalue weighted by Crippen LogP contribution is -2.34. The molecule has 1 aliphatic heterocycles. The first kappa shape index (κ1) is 40.6. The van der Waals surface area contributed by atoms with E-state index >= 15 is 0 Å². The number of hydrogen-bond acceptors (Lipinski definition) is 9. The number of rotatable bonds is 26. The molecule has 0 aromatic heterocycles. The average molecular weight is 729 g/mol. The highest BCUT2D eigenvalue weighted by Gasteiger charge is 2.20. The van der Waals surface area contributed by atoms with Gasteiger partial charge >= 0.3 is 18.2 Å². The molecule has 0 saturated heterocycles. The monoisotopic (exact) mass is 728 g/mol. The summed E-state index contributed by atoms with van der Waals surface area (Å²) >= 11 is 1.71. The van der Waals surface area contributed by atoms with Crippen molar-refractivity contribution in [1.29, 1.82) is 0 Å². The molecule has 1 amide bonds. The molecule has 1 heterocycles. The molecule has 1 atom stereocenters. The van der Waals surface area contributed by atoms with Gasteiger partial charge in [-0.2, -0.15) is 0 Å². The van der Waals surface area contributed by atoms with Crippen molar-refractivity contribution in [3.05, 3.63) is 11.6 Å². The molecule has 11 heteroatoms. The summed E-state index contributed by atoms with van der Waals surface area (Å²) in [5.41, 5.74) is 0. The Morgan fingerprint density at radius 2 is 1.36 bits per heavy atom. The number of methoxy groups -OCH3 is 1. The van der Waals surface area contributed by atoms with Gasteiger partial charge in [0.25, 0.3) is 0 Å². The molecule has 0 fully saturated rings. The van der Waals surface area contributed by atoms with Crippen LogP contribution in [-0.2, 0) is 23.7 Å². The van der Waals surface area contributed by atoms with Crippen molar-refractivity contribution in [3.63, 3.8) is 0 Å². The second-order valence-electron chi connectivity index (χ2n) is 10.7. The number of alkyl carbamates (subject to hydrolysis) is 1. The van der Waals surface area contributed by atoms with Crippen molar-refractivity contribution in [1.82, 2.24) is 10.2 Å². The van der Waals surface area contributed by atoms with Gasteiger partial charge in [-0.1, -0.05) is 103 Å². The number of nitrogens with one attached hydrogen (secondary N) is 1. The molecule has 42 heavy (non-hydrogen) atoms. The van der Waals surface area contributed by atoms with Crippen LogP contribution in [0.1, 0.15) is 122 Å². The van der Waals surface area contributed by atoms with Crippen LogP contribution in [0.15, 0.2) is 11.6 Å². The van der Waals surface area contributed by atoms with Crippen LogP contribution >= 0.6 is 35.7 Å². The van der Waals surface area contributed by atoms with Gasteiger partial charge in [-0.25, -0.2) is 9.59 Å². The van der Waals surface area contributed by atoms with Gasteiger partial charge in [0.15, 0.2) is 6.10 Å². The topological polar surface area (TPSA) is 103 Å². The van der Waals surface area contributed by atoms with E-state index in [-0.39, 0.29) is 43.6 Å². The summed E-state index contributed by atoms with van der Waals surface area (Å²) in [6.07, 6.45) is 21.2. The summed E-state index contributed by atoms with van der Waals surface area (Å²) < 4.78 is 20.0. The molecule has 9 nitrogen and oxygen atoms in total. The van der Waals surface area contributed by atoms with Crippen LogP contribution in [0.4, 0.5) is 9.59 Å². The highest BCUT2D eigenvalue weighted by atomic mass is 127. The first-order valence-corrected chi connectivity index (χ1v) is 16.9. The lowest BCUT2D eigenvalue weighted by molar-refractivity contribution is -0.148. The molecule has 0 bridgehead atoms. The molecular weight excluding hydrogens is 671 g/mol. The van der Waals surface area contributed by atoms with Crippen molar-refractivity contribution in [3.8, 4) is 0 Å². The Hall–Kier alpha value is -1.37. The number of esters is 1. The molecule has 0 spiro atoms. The van der Waals surface area contributed by atoms with Gasteiger partial charge in [0, 0.05) is 25.7 Å². The second kappa shape index (κ2) is 29.7. The number of unbranched alkanes of at least 4 members (excludes halogenated alkanes) is 15. The van der Waals surface area contributed by atoms with E-state index in [0.717, 1.165) is 25.3 Å². The molecule has 0 saturated carbocycles. The Morgan fingerprint density at radius 1 is 0.810 bits per heavy atom. The Bertz CT molecular complexity index is 715. The molecule has 1 rings (SSSR count). The maximum atomic E-state index is 12.0. The number of halogens is 1. The molecular formula is C31H57IN2O7S. The third-order valence-corrected chi connectivity index (χ3v) is 7.79. The zero-order chi connectivity index (χ0) is 29.8. The van der Waals surface area contributed by atoms with E-state index in [1.165, 1.54) is 97.0 Å². The highest BCUT2D eigenvalue weighted by molar-refractivity contribution is 14.0. The SMILES string of the molecule is CCCCCCCCCCCCCCCCCCNC(=O)OC[C@H](COC(=O)CCCN1C=CSC1)OC(=O)OC.I. The number of carbonyl (C=O) groups excluding carboxylic acids is 3. The number of nitrogens with zero attached hydrogens (tertiary/aromatic N) is 1. The summed E-state index contributed by atoms with van der Waals surface area (Å²) in [4.78, 5) is 37.7. The molecule has 0 aromatic rings. The smallest absolute Gasteiger partial charge is 0.462 e. The predicted octanol–water partition coefficient (Wildman–Crippen LogP) is 8.54. The van der Waals surface area contributed by atoms with Gasteiger partial charge in [-0.15, -0.1) is 35.7 Å². The summed E-state index contributed by atoms with van der Waals surface area (Å²) in [5, 5.41) is 4.74. The maximum absolute atomic E-state index is 12.0. The van der Waals surface area contributed by atoms with Gasteiger partial charge in [0.1, 0.15) is 13.2 Å². The normalized spacial score (nSPS) is 12.9. The third kappa shape index (κ3) is 25.2. The minimum Gasteiger partial charge on any atom is -0.462 e. The van der Waals surface area contributed by atoms with Gasteiger partial charge in [0.05, 0.1) is 13.0 Å². The third-order valence-electron chi connectivity index (χ3n) is 6.99. The van der Waals surface area contributed by atoms with E-state index in [0.29, 0.717) is 13.0 Å². The molecule has 0 radical (unpaired) electrons. The van der Waals surface area contributed by atoms with E-state index in [1.54, 1.807) is 11.8 Å². The van der Waals surface area contributed by atoms with Crippen molar-refractivity contribution >= 4 is 54.0 Å². The summed E-state index contributed by atoms with van der Waals surface area (Å²) in [6, 6.07) is 0. The average Bonchev–Trinajstić information content (AvgIpc) is 3.49. The van der Waals surface area contributed by atoms with Crippen LogP contribution in [0, 0.1) is 0 Å². The van der Waals surface area contributed by atoms with Crippen molar-refractivity contribution < 1.29 is 33.3 Å². The van der Waals surface area contributed by atoms with Crippen LogP contribution in [-0.4, -0.2) is 68.5 Å². The van der Waals surface area contributed by atoms with Gasteiger partial charge in [-0.3, -0.25) is 4.79 Å². The van der Waals surface area contributed by atoms with Gasteiger partial charge < -0.3 is 29.2 Å². The highest BCUT2D eigenvalue weighted by Crippen LogP contribution is 2.16. The van der Waals surface area contributed by atoms with E-state index < -0.39 is 24.3 Å². The van der Waals surface area contributed by atoms with Crippen LogP contribution in [0.2, 0.25) is 0 Å². The first-order chi connectivity index (χ1) is 20.0. The molecule has 1 N–H and O–H groups in total. The summed E-state index contributed by atoms with van der Waals surface area (Å²) in [7, 11) is 1.18. The van der Waals surface area contributed by atoms with Crippen LogP contribution in [0.25, 0.3) is 0 Å². The molecule has 0 aromatic carbocycles. The lowest BCUT2D eigenvalue weighted by atomic mass is 10.0. The second-order valence-corrected chi connectivity index (χ2v) is 11.6. The van der Waals surface area contributed by atoms with Crippen LogP contribution in [0.3, 0.4) is 0 Å². The first-order valence-electron chi connectivity index (χ1n) is 15.9. The fraction of sp³-hybridized carbons (Fsp3) is 0.839. The summed E-state index contributed by atoms with van der Waals surface area (Å²) in [6.45, 7) is 3.12. The zero-order valence-corrected chi connectivity index (χ0v) is 29.3. The van der Waals surface area contributed by atoms with Gasteiger partial charge in [0.2, 0.25) is 0 Å². The maximum Gasteiger partial charge on any atom is 0.508 e. The minimum absolute atomic E-state index is 0. The zero-order valence-electron chi connectivity index (χ0n) is 26.1. The van der Waals surface area contributed by atoms with Crippen LogP contribution < -0.4 is 5.32 Å². The van der Waals surface area contributed by atoms with E-state index in [4.69, 9.17) is 14.2 Å². The van der Waals surface area contributed by atoms with E-state index in [2.05, 4.69) is 21.9 Å². The number of ether oxygens (including phenoxy) is 4. The quantitative estimate of drug-likeness (QED) is 0.0406. The molecule has 1 aliphatic rings.